The van der Waals surface area contributed by atoms with Gasteiger partial charge in [0, 0.05) is 31.2 Å². The Balaban J connectivity index is 1.53. The summed E-state index contributed by atoms with van der Waals surface area (Å²) < 4.78 is 0. The van der Waals surface area contributed by atoms with Crippen LogP contribution in [0.25, 0.3) is 10.8 Å². The molecule has 0 radical (unpaired) electrons. The molecule has 3 aromatic carbocycles. The third-order valence-corrected chi connectivity index (χ3v) is 10.1. The van der Waals surface area contributed by atoms with Crippen LogP contribution in [-0.4, -0.2) is 64.5 Å². The number of rotatable bonds is 21. The topological polar surface area (TPSA) is 150 Å². The number of thiazole rings is 1. The molecule has 1 heterocycles. The number of aromatic nitrogens is 1. The number of nitrogens with one attached hydrogen (secondary N) is 4. The molecule has 284 valence electrons. The fourth-order valence-electron chi connectivity index (χ4n) is 6.23. The second-order valence-corrected chi connectivity index (χ2v) is 15.1. The summed E-state index contributed by atoms with van der Waals surface area (Å²) in [5.41, 5.74) is 4.30. The van der Waals surface area contributed by atoms with Gasteiger partial charge in [0.15, 0.2) is 0 Å². The van der Waals surface area contributed by atoms with Gasteiger partial charge in [-0.2, -0.15) is 0 Å². The maximum absolute atomic E-state index is 14.2. The zero-order valence-corrected chi connectivity index (χ0v) is 32.2. The van der Waals surface area contributed by atoms with Gasteiger partial charge in [0.05, 0.1) is 29.8 Å². The van der Waals surface area contributed by atoms with E-state index in [1.165, 1.54) is 11.3 Å². The molecular formula is C42H55N5O5S. The minimum atomic E-state index is -1.14. The van der Waals surface area contributed by atoms with Gasteiger partial charge in [-0.05, 0) is 53.0 Å². The van der Waals surface area contributed by atoms with Crippen LogP contribution in [-0.2, 0) is 38.4 Å². The van der Waals surface area contributed by atoms with Gasteiger partial charge in [-0.3, -0.25) is 19.2 Å². The Kier molecular flexibility index (Phi) is 16.4. The van der Waals surface area contributed by atoms with Gasteiger partial charge in [-0.25, -0.2) is 4.98 Å². The van der Waals surface area contributed by atoms with E-state index in [0.717, 1.165) is 34.7 Å². The van der Waals surface area contributed by atoms with Crippen molar-refractivity contribution in [1.82, 2.24) is 26.3 Å². The summed E-state index contributed by atoms with van der Waals surface area (Å²) in [6, 6.07) is 20.9. The van der Waals surface area contributed by atoms with E-state index >= 15 is 0 Å². The Labute approximate surface area is 317 Å². The van der Waals surface area contributed by atoms with E-state index < -0.39 is 36.0 Å². The van der Waals surface area contributed by atoms with Crippen molar-refractivity contribution >= 4 is 45.7 Å². The summed E-state index contributed by atoms with van der Waals surface area (Å²) in [5.74, 6) is -1.14. The summed E-state index contributed by atoms with van der Waals surface area (Å²) in [7, 11) is 0. The highest BCUT2D eigenvalue weighted by Crippen LogP contribution is 2.21. The first-order valence-corrected chi connectivity index (χ1v) is 19.7. The van der Waals surface area contributed by atoms with Crippen molar-refractivity contribution in [2.45, 2.75) is 103 Å². The molecule has 10 nitrogen and oxygen atoms in total. The normalized spacial score (nSPS) is 14.2. The molecule has 53 heavy (non-hydrogen) atoms. The largest absolute Gasteiger partial charge is 0.390 e. The number of amides is 4. The number of carbonyl (C=O) groups excluding carboxylic acids is 4. The van der Waals surface area contributed by atoms with E-state index in [0.29, 0.717) is 31.0 Å². The van der Waals surface area contributed by atoms with Crippen LogP contribution in [0.5, 0.6) is 0 Å². The molecule has 3 unspecified atom stereocenters. The highest BCUT2D eigenvalue weighted by atomic mass is 32.1. The average molecular weight is 742 g/mol. The van der Waals surface area contributed by atoms with E-state index in [4.69, 9.17) is 0 Å². The molecule has 5 atom stereocenters. The Hall–Kier alpha value is -4.61. The lowest BCUT2D eigenvalue weighted by atomic mass is 9.96. The van der Waals surface area contributed by atoms with Crippen molar-refractivity contribution in [1.29, 1.82) is 0 Å². The van der Waals surface area contributed by atoms with Crippen LogP contribution in [0.2, 0.25) is 0 Å². The smallest absolute Gasteiger partial charge is 0.243 e. The molecule has 0 fully saturated rings. The molecule has 0 spiro atoms. The van der Waals surface area contributed by atoms with Crippen molar-refractivity contribution in [3.63, 3.8) is 0 Å². The number of hydrogen-bond acceptors (Lipinski definition) is 7. The second kappa shape index (κ2) is 21.2. The van der Waals surface area contributed by atoms with E-state index in [-0.39, 0.29) is 43.4 Å². The van der Waals surface area contributed by atoms with E-state index in [2.05, 4.69) is 26.3 Å². The maximum atomic E-state index is 14.2. The first-order valence-electron chi connectivity index (χ1n) is 18.7. The highest BCUT2D eigenvalue weighted by molar-refractivity contribution is 7.07. The lowest BCUT2D eigenvalue weighted by Crippen LogP contribution is -2.57. The van der Waals surface area contributed by atoms with E-state index in [1.807, 2.05) is 106 Å². The summed E-state index contributed by atoms with van der Waals surface area (Å²) in [5, 5.41) is 26.7. The van der Waals surface area contributed by atoms with Crippen LogP contribution < -0.4 is 21.3 Å². The molecule has 5 N–H and O–H groups in total. The van der Waals surface area contributed by atoms with Gasteiger partial charge in [0.25, 0.3) is 0 Å². The van der Waals surface area contributed by atoms with Crippen molar-refractivity contribution in [3.05, 3.63) is 101 Å². The molecule has 4 rings (SSSR count). The van der Waals surface area contributed by atoms with Gasteiger partial charge in [0.1, 0.15) is 12.1 Å². The molecule has 0 aliphatic rings. The van der Waals surface area contributed by atoms with Gasteiger partial charge < -0.3 is 26.4 Å². The van der Waals surface area contributed by atoms with Crippen LogP contribution in [0.3, 0.4) is 0 Å². The molecule has 0 saturated heterocycles. The molecule has 4 amide bonds. The standard InChI is InChI=1S/C42H55N5O5S/c1-5-29(4)25-43-40(50)24-38(48)35(21-28(2)3)46-42(52)37(23-33-26-53-27-44-33)47-41(51)36(22-32-18-12-17-31-16-9-10-19-34(31)32)45-39(49)20-11-15-30-13-7-6-8-14-30/h6-10,12-14,16-19,26-29,35-38,48H,5,11,15,20-25H2,1-4H3,(H,43,50)(H,45,49)(H,46,52)(H,47,51)/t29?,35?,36-,37-,38?/m0/s1. The van der Waals surface area contributed by atoms with Crippen LogP contribution >= 0.6 is 11.3 Å². The molecule has 0 bridgehead atoms. The predicted molar refractivity (Wildman–Crippen MR) is 211 cm³/mol. The fourth-order valence-corrected chi connectivity index (χ4v) is 6.80. The minimum Gasteiger partial charge on any atom is -0.390 e. The molecule has 0 aliphatic heterocycles. The maximum Gasteiger partial charge on any atom is 0.243 e. The SMILES string of the molecule is CCC(C)CNC(=O)CC(O)C(CC(C)C)NC(=O)[C@H](Cc1cscn1)NC(=O)[C@H](Cc1cccc2ccccc12)NC(=O)CCCc1ccccc1. The van der Waals surface area contributed by atoms with Crippen LogP contribution in [0.15, 0.2) is 83.7 Å². The number of carbonyl (C=O) groups is 4. The molecule has 11 heteroatoms. The number of aryl methyl sites for hydroxylation is 1. The van der Waals surface area contributed by atoms with Crippen molar-refractivity contribution < 1.29 is 24.3 Å². The molecule has 0 aliphatic carbocycles. The Morgan fingerprint density at radius 2 is 1.51 bits per heavy atom. The number of benzene rings is 3. The minimum absolute atomic E-state index is 0.104. The molecule has 4 aromatic rings. The number of aliphatic hydroxyl groups is 1. The number of nitrogens with zero attached hydrogens (tertiary/aromatic N) is 1. The predicted octanol–water partition coefficient (Wildman–Crippen LogP) is 5.52. The lowest BCUT2D eigenvalue weighted by Gasteiger charge is -2.29. The molecular weight excluding hydrogens is 687 g/mol. The monoisotopic (exact) mass is 741 g/mol. The van der Waals surface area contributed by atoms with Crippen molar-refractivity contribution in [2.24, 2.45) is 11.8 Å². The van der Waals surface area contributed by atoms with Crippen molar-refractivity contribution in [3.8, 4) is 0 Å². The van der Waals surface area contributed by atoms with Crippen LogP contribution in [0, 0.1) is 11.8 Å². The van der Waals surface area contributed by atoms with Crippen molar-refractivity contribution in [2.75, 3.05) is 6.54 Å². The number of aliphatic hydroxyl groups excluding tert-OH is 1. The van der Waals surface area contributed by atoms with E-state index in [1.54, 1.807) is 5.51 Å². The van der Waals surface area contributed by atoms with Gasteiger partial charge in [-0.1, -0.05) is 107 Å². The summed E-state index contributed by atoms with van der Waals surface area (Å²) >= 11 is 1.38. The number of fused-ring (bicyclic) bond motifs is 1. The second-order valence-electron chi connectivity index (χ2n) is 14.4. The van der Waals surface area contributed by atoms with Crippen LogP contribution in [0.1, 0.15) is 76.6 Å². The van der Waals surface area contributed by atoms with Gasteiger partial charge >= 0.3 is 0 Å². The third-order valence-electron chi connectivity index (χ3n) is 9.45. The molecule has 0 saturated carbocycles. The molecule has 1 aromatic heterocycles. The Bertz CT molecular complexity index is 1740. The zero-order chi connectivity index (χ0) is 38.2. The lowest BCUT2D eigenvalue weighted by molar-refractivity contribution is -0.133. The summed E-state index contributed by atoms with van der Waals surface area (Å²) in [4.78, 5) is 58.7. The van der Waals surface area contributed by atoms with Crippen LogP contribution in [0.4, 0.5) is 0 Å². The highest BCUT2D eigenvalue weighted by Gasteiger charge is 2.31. The van der Waals surface area contributed by atoms with E-state index in [9.17, 15) is 24.3 Å². The first-order chi connectivity index (χ1) is 25.5. The average Bonchev–Trinajstić information content (AvgIpc) is 3.66. The Morgan fingerprint density at radius 1 is 0.811 bits per heavy atom. The first kappa shape index (κ1) is 41.2. The fraction of sp³-hybridized carbons (Fsp3) is 0.452. The third kappa shape index (κ3) is 13.7. The van der Waals surface area contributed by atoms with Gasteiger partial charge in [-0.15, -0.1) is 11.3 Å². The Morgan fingerprint density at radius 3 is 2.23 bits per heavy atom. The summed E-state index contributed by atoms with van der Waals surface area (Å²) in [6.07, 6.45) is 1.93. The summed E-state index contributed by atoms with van der Waals surface area (Å²) in [6.45, 7) is 8.55. The quantitative estimate of drug-likeness (QED) is 0.0760. The zero-order valence-electron chi connectivity index (χ0n) is 31.3. The number of hydrogen-bond donors (Lipinski definition) is 5. The van der Waals surface area contributed by atoms with Gasteiger partial charge in [0.2, 0.25) is 23.6 Å².